The molecule has 1 N–H and O–H groups in total. The van der Waals surface area contributed by atoms with E-state index in [0.717, 1.165) is 24.4 Å². The lowest BCUT2D eigenvalue weighted by Crippen LogP contribution is -2.49. The smallest absolute Gasteiger partial charge is 0.225 e. The lowest BCUT2D eigenvalue weighted by molar-refractivity contribution is -0.136. The lowest BCUT2D eigenvalue weighted by Gasteiger charge is -2.34. The van der Waals surface area contributed by atoms with E-state index in [1.165, 1.54) is 0 Å². The number of amides is 1. The summed E-state index contributed by atoms with van der Waals surface area (Å²) in [5.41, 5.74) is 1.12. The van der Waals surface area contributed by atoms with Crippen LogP contribution in [0, 0.1) is 11.8 Å². The Hall–Kier alpha value is -1.26. The zero-order valence-electron chi connectivity index (χ0n) is 12.3. The Balaban J connectivity index is 0.00000200. The van der Waals surface area contributed by atoms with Gasteiger partial charge in [0, 0.05) is 19.5 Å². The summed E-state index contributed by atoms with van der Waals surface area (Å²) in [5.74, 6) is 1.66. The number of nitrogens with one attached hydrogen (secondary N) is 1. The average molecular weight is 299 g/mol. The molecule has 1 saturated heterocycles. The fraction of sp³-hybridized carbons (Fsp3) is 0.533. The third kappa shape index (κ3) is 3.87. The molecule has 0 aromatic heterocycles. The fourth-order valence-corrected chi connectivity index (χ4v) is 2.30. The molecule has 1 amide bonds. The molecule has 1 heterocycles. The standard InChI is InChI=1S/C15H22N2O2.ClH/c1-11(13-8-16-9-13)15(18)17(2)10-12-4-6-14(19-3)7-5-12;/h4-7,11,13,16H,8-10H2,1-3H3;1H. The maximum absolute atomic E-state index is 12.3. The van der Waals surface area contributed by atoms with E-state index in [1.807, 2.05) is 43.1 Å². The second kappa shape index (κ2) is 7.50. The molecule has 5 heteroatoms. The van der Waals surface area contributed by atoms with Gasteiger partial charge in [0.25, 0.3) is 0 Å². The van der Waals surface area contributed by atoms with Crippen molar-refractivity contribution in [3.8, 4) is 5.75 Å². The molecule has 1 aromatic rings. The highest BCUT2D eigenvalue weighted by Gasteiger charge is 2.30. The monoisotopic (exact) mass is 298 g/mol. The van der Waals surface area contributed by atoms with E-state index in [-0.39, 0.29) is 24.2 Å². The Labute approximate surface area is 126 Å². The van der Waals surface area contributed by atoms with Crippen molar-refractivity contribution in [1.29, 1.82) is 0 Å². The normalized spacial score (nSPS) is 15.8. The second-order valence-electron chi connectivity index (χ2n) is 5.25. The molecular formula is C15H23ClN2O2. The zero-order chi connectivity index (χ0) is 13.8. The van der Waals surface area contributed by atoms with Crippen LogP contribution in [0.1, 0.15) is 12.5 Å². The van der Waals surface area contributed by atoms with E-state index < -0.39 is 0 Å². The van der Waals surface area contributed by atoms with E-state index in [9.17, 15) is 4.79 Å². The maximum atomic E-state index is 12.3. The Morgan fingerprint density at radius 2 is 2.00 bits per heavy atom. The van der Waals surface area contributed by atoms with Crippen LogP contribution < -0.4 is 10.1 Å². The fourth-order valence-electron chi connectivity index (χ4n) is 2.30. The van der Waals surface area contributed by atoms with Gasteiger partial charge in [-0.25, -0.2) is 0 Å². The zero-order valence-corrected chi connectivity index (χ0v) is 13.1. The van der Waals surface area contributed by atoms with E-state index >= 15 is 0 Å². The predicted octanol–water partition coefficient (Wildman–Crippen LogP) is 1.93. The van der Waals surface area contributed by atoms with Crippen LogP contribution in [0.4, 0.5) is 0 Å². The minimum Gasteiger partial charge on any atom is -0.497 e. The Morgan fingerprint density at radius 1 is 1.40 bits per heavy atom. The van der Waals surface area contributed by atoms with Gasteiger partial charge in [0.1, 0.15) is 5.75 Å². The third-order valence-electron chi connectivity index (χ3n) is 3.86. The highest BCUT2D eigenvalue weighted by atomic mass is 35.5. The van der Waals surface area contributed by atoms with Gasteiger partial charge in [-0.1, -0.05) is 19.1 Å². The number of carbonyl (C=O) groups is 1. The number of carbonyl (C=O) groups excluding carboxylic acids is 1. The highest BCUT2D eigenvalue weighted by Crippen LogP contribution is 2.19. The number of ether oxygens (including phenoxy) is 1. The number of rotatable bonds is 5. The Bertz CT molecular complexity index is 432. The second-order valence-corrected chi connectivity index (χ2v) is 5.25. The summed E-state index contributed by atoms with van der Waals surface area (Å²) in [6.07, 6.45) is 0. The summed E-state index contributed by atoms with van der Waals surface area (Å²) in [6.45, 7) is 4.60. The summed E-state index contributed by atoms with van der Waals surface area (Å²) >= 11 is 0. The first-order valence-corrected chi connectivity index (χ1v) is 6.70. The van der Waals surface area contributed by atoms with Crippen LogP contribution >= 0.6 is 12.4 Å². The van der Waals surface area contributed by atoms with Gasteiger partial charge in [0.15, 0.2) is 0 Å². The van der Waals surface area contributed by atoms with E-state index in [1.54, 1.807) is 7.11 Å². The Kier molecular flexibility index (Phi) is 6.30. The number of nitrogens with zero attached hydrogens (tertiary/aromatic N) is 1. The van der Waals surface area contributed by atoms with Crippen molar-refractivity contribution in [2.75, 3.05) is 27.2 Å². The van der Waals surface area contributed by atoms with Crippen molar-refractivity contribution < 1.29 is 9.53 Å². The highest BCUT2D eigenvalue weighted by molar-refractivity contribution is 5.85. The van der Waals surface area contributed by atoms with Gasteiger partial charge >= 0.3 is 0 Å². The summed E-state index contributed by atoms with van der Waals surface area (Å²) in [4.78, 5) is 14.1. The van der Waals surface area contributed by atoms with Crippen LogP contribution in [0.3, 0.4) is 0 Å². The van der Waals surface area contributed by atoms with Gasteiger partial charge < -0.3 is 15.0 Å². The van der Waals surface area contributed by atoms with E-state index in [0.29, 0.717) is 12.5 Å². The molecule has 1 atom stereocenters. The van der Waals surface area contributed by atoms with Gasteiger partial charge in [0.05, 0.1) is 7.11 Å². The predicted molar refractivity (Wildman–Crippen MR) is 82.2 cm³/mol. The van der Waals surface area contributed by atoms with Crippen molar-refractivity contribution in [2.24, 2.45) is 11.8 Å². The number of halogens is 1. The molecule has 112 valence electrons. The van der Waals surface area contributed by atoms with E-state index in [4.69, 9.17) is 4.74 Å². The topological polar surface area (TPSA) is 41.6 Å². The molecule has 0 saturated carbocycles. The lowest BCUT2D eigenvalue weighted by atomic mass is 9.88. The molecule has 0 aliphatic carbocycles. The molecular weight excluding hydrogens is 276 g/mol. The van der Waals surface area contributed by atoms with Crippen LogP contribution in [0.15, 0.2) is 24.3 Å². The first-order chi connectivity index (χ1) is 9.11. The quantitative estimate of drug-likeness (QED) is 0.903. The van der Waals surface area contributed by atoms with Crippen LogP contribution in [0.5, 0.6) is 5.75 Å². The third-order valence-corrected chi connectivity index (χ3v) is 3.86. The van der Waals surface area contributed by atoms with Crippen LogP contribution in [0.25, 0.3) is 0 Å². The van der Waals surface area contributed by atoms with Crippen molar-refractivity contribution in [3.05, 3.63) is 29.8 Å². The van der Waals surface area contributed by atoms with E-state index in [2.05, 4.69) is 5.32 Å². The summed E-state index contributed by atoms with van der Waals surface area (Å²) in [6, 6.07) is 7.84. The molecule has 1 aliphatic heterocycles. The average Bonchev–Trinajstić information content (AvgIpc) is 2.36. The molecule has 0 spiro atoms. The van der Waals surface area contributed by atoms with Gasteiger partial charge in [-0.15, -0.1) is 12.4 Å². The minimum atomic E-state index is 0. The van der Waals surface area contributed by atoms with Crippen molar-refractivity contribution in [1.82, 2.24) is 10.2 Å². The minimum absolute atomic E-state index is 0. The molecule has 4 nitrogen and oxygen atoms in total. The molecule has 1 aromatic carbocycles. The van der Waals surface area contributed by atoms with Crippen molar-refractivity contribution in [3.63, 3.8) is 0 Å². The molecule has 1 unspecified atom stereocenters. The Morgan fingerprint density at radius 3 is 2.45 bits per heavy atom. The number of benzene rings is 1. The molecule has 20 heavy (non-hydrogen) atoms. The molecule has 1 aliphatic rings. The van der Waals surface area contributed by atoms with Crippen molar-refractivity contribution in [2.45, 2.75) is 13.5 Å². The molecule has 0 radical (unpaired) electrons. The van der Waals surface area contributed by atoms with Crippen LogP contribution in [-0.4, -0.2) is 38.1 Å². The van der Waals surface area contributed by atoms with Gasteiger partial charge in [-0.2, -0.15) is 0 Å². The van der Waals surface area contributed by atoms with Crippen LogP contribution in [0.2, 0.25) is 0 Å². The summed E-state index contributed by atoms with van der Waals surface area (Å²) in [7, 11) is 3.52. The van der Waals surface area contributed by atoms with Gasteiger partial charge in [-0.05, 0) is 36.7 Å². The first kappa shape index (κ1) is 16.8. The number of hydrogen-bond acceptors (Lipinski definition) is 3. The molecule has 1 fully saturated rings. The van der Waals surface area contributed by atoms with Crippen LogP contribution in [-0.2, 0) is 11.3 Å². The number of hydrogen-bond donors (Lipinski definition) is 1. The number of methoxy groups -OCH3 is 1. The first-order valence-electron chi connectivity index (χ1n) is 6.70. The maximum Gasteiger partial charge on any atom is 0.225 e. The molecule has 0 bridgehead atoms. The SMILES string of the molecule is COc1ccc(CN(C)C(=O)C(C)C2CNC2)cc1.Cl. The van der Waals surface area contributed by atoms with Crippen molar-refractivity contribution >= 4 is 18.3 Å². The largest absolute Gasteiger partial charge is 0.497 e. The van der Waals surface area contributed by atoms with Gasteiger partial charge in [-0.3, -0.25) is 4.79 Å². The molecule has 2 rings (SSSR count). The van der Waals surface area contributed by atoms with Gasteiger partial charge in [0.2, 0.25) is 5.91 Å². The summed E-state index contributed by atoms with van der Waals surface area (Å²) in [5, 5.41) is 3.21. The summed E-state index contributed by atoms with van der Waals surface area (Å²) < 4.78 is 5.13.